The van der Waals surface area contributed by atoms with Crippen LogP contribution < -0.4 is 5.32 Å². The Balaban J connectivity index is 1.52. The van der Waals surface area contributed by atoms with Crippen molar-refractivity contribution < 1.29 is 23.1 Å². The zero-order valence-corrected chi connectivity index (χ0v) is 20.0. The molecule has 4 aromatic heterocycles. The average molecular weight is 522 g/mol. The Bertz CT molecular complexity index is 1670. The summed E-state index contributed by atoms with van der Waals surface area (Å²) in [4.78, 5) is 21.5. The van der Waals surface area contributed by atoms with E-state index in [0.717, 1.165) is 17.7 Å². The number of benzene rings is 1. The van der Waals surface area contributed by atoms with E-state index in [1.54, 1.807) is 40.9 Å². The molecule has 0 aliphatic carbocycles. The third-order valence-electron chi connectivity index (χ3n) is 6.91. The summed E-state index contributed by atoms with van der Waals surface area (Å²) >= 11 is 0. The summed E-state index contributed by atoms with van der Waals surface area (Å²) in [6.07, 6.45) is 5.65. The van der Waals surface area contributed by atoms with Crippen LogP contribution in [0.3, 0.4) is 0 Å². The molecule has 0 radical (unpaired) electrons. The molecular weight excluding hydrogens is 501 g/mol. The minimum atomic E-state index is -4.58. The minimum absolute atomic E-state index is 0.198. The van der Waals surface area contributed by atoms with Gasteiger partial charge >= 0.3 is 12.1 Å². The lowest BCUT2D eigenvalue weighted by molar-refractivity contribution is -0.141. The monoisotopic (exact) mass is 522 g/mol. The van der Waals surface area contributed by atoms with Crippen LogP contribution in [0.5, 0.6) is 0 Å². The number of carboxylic acids is 1. The molecule has 2 N–H and O–H groups in total. The number of aryl methyl sites for hydroxylation is 1. The summed E-state index contributed by atoms with van der Waals surface area (Å²) in [7, 11) is 1.80. The van der Waals surface area contributed by atoms with E-state index in [1.165, 1.54) is 23.0 Å². The largest absolute Gasteiger partial charge is 0.480 e. The Morgan fingerprint density at radius 3 is 2.71 bits per heavy atom. The fraction of sp³-hybridized carbons (Fsp3) is 0.240. The van der Waals surface area contributed by atoms with Gasteiger partial charge in [-0.1, -0.05) is 12.1 Å². The highest BCUT2D eigenvalue weighted by molar-refractivity contribution is 5.77. The van der Waals surface area contributed by atoms with Crippen LogP contribution in [0.4, 0.5) is 13.2 Å². The lowest BCUT2D eigenvalue weighted by Gasteiger charge is -2.34. The van der Waals surface area contributed by atoms with Gasteiger partial charge in [-0.2, -0.15) is 23.4 Å². The molecule has 38 heavy (non-hydrogen) atoms. The van der Waals surface area contributed by atoms with Gasteiger partial charge in [-0.05, 0) is 30.7 Å². The van der Waals surface area contributed by atoms with Gasteiger partial charge in [0, 0.05) is 43.5 Å². The van der Waals surface area contributed by atoms with Crippen molar-refractivity contribution in [3.8, 4) is 22.6 Å². The van der Waals surface area contributed by atoms with E-state index in [9.17, 15) is 23.1 Å². The molecule has 0 bridgehead atoms. The van der Waals surface area contributed by atoms with Crippen molar-refractivity contribution in [1.82, 2.24) is 39.2 Å². The van der Waals surface area contributed by atoms with Crippen LogP contribution in [0.2, 0.25) is 0 Å². The van der Waals surface area contributed by atoms with E-state index in [0.29, 0.717) is 22.7 Å². The molecule has 1 aliphatic rings. The second-order valence-electron chi connectivity index (χ2n) is 9.17. The normalized spacial score (nSPS) is 19.8. The summed E-state index contributed by atoms with van der Waals surface area (Å²) in [6.45, 7) is 0.281. The van der Waals surface area contributed by atoms with Crippen LogP contribution in [0.1, 0.15) is 17.5 Å². The molecule has 5 heterocycles. The predicted octanol–water partition coefficient (Wildman–Crippen LogP) is 3.20. The molecule has 0 saturated carbocycles. The van der Waals surface area contributed by atoms with Gasteiger partial charge in [0.1, 0.15) is 23.1 Å². The first-order valence-corrected chi connectivity index (χ1v) is 11.7. The highest BCUT2D eigenvalue weighted by Gasteiger charge is 2.51. The molecule has 1 aromatic carbocycles. The molecule has 1 unspecified atom stereocenters. The molecular formula is C25H21F3N8O2. The van der Waals surface area contributed by atoms with Crippen molar-refractivity contribution in [2.75, 3.05) is 6.54 Å². The Labute approximate surface area is 213 Å². The number of nitrogens with one attached hydrogen (secondary N) is 1. The topological polar surface area (TPSA) is 115 Å². The molecule has 194 valence electrons. The third kappa shape index (κ3) is 3.74. The summed E-state index contributed by atoms with van der Waals surface area (Å²) in [6, 6.07) is 5.37. The van der Waals surface area contributed by atoms with Crippen LogP contribution in [-0.4, -0.2) is 57.6 Å². The summed E-state index contributed by atoms with van der Waals surface area (Å²) in [5.74, 6) is -0.701. The van der Waals surface area contributed by atoms with Crippen LogP contribution >= 0.6 is 0 Å². The molecule has 1 aliphatic heterocycles. The number of imidazole rings is 1. The Morgan fingerprint density at radius 1 is 1.16 bits per heavy atom. The van der Waals surface area contributed by atoms with Crippen molar-refractivity contribution in [3.05, 3.63) is 78.6 Å². The molecule has 6 rings (SSSR count). The first-order valence-electron chi connectivity index (χ1n) is 11.7. The van der Waals surface area contributed by atoms with Crippen molar-refractivity contribution >= 4 is 11.6 Å². The van der Waals surface area contributed by atoms with E-state index in [2.05, 4.69) is 20.5 Å². The maximum Gasteiger partial charge on any atom is 0.416 e. The lowest BCUT2D eigenvalue weighted by atomic mass is 9.82. The molecule has 2 atom stereocenters. The predicted molar refractivity (Wildman–Crippen MR) is 129 cm³/mol. The van der Waals surface area contributed by atoms with Crippen molar-refractivity contribution in [1.29, 1.82) is 0 Å². The number of fused-ring (bicyclic) bond motifs is 1. The number of carboxylic acid groups (broad SMARTS) is 1. The molecule has 0 amide bonds. The SMILES string of the molecule is Cn1cc(-c2cc3nccn3c(-c3cnn(C4(c5cccc(C(F)(F)F)c5)CCN[C@@H]4C(=O)O)c3)n2)cn1. The molecule has 10 nitrogen and oxygen atoms in total. The maximum atomic E-state index is 13.6. The van der Waals surface area contributed by atoms with Gasteiger partial charge in [-0.25, -0.2) is 9.97 Å². The number of aliphatic carboxylic acids is 1. The Hall–Kier alpha value is -4.52. The standard InChI is InChI=1S/C25H21F3N8O2/c1-34-13-15(11-31-34)19-10-20-29-7-8-35(20)22(33-19)16-12-32-36(14-16)24(5-6-30-21(24)23(37)38)17-3-2-4-18(9-17)25(26,27)28/h2-4,7-14,21,30H,5-6H2,1H3,(H,37,38)/t21-,24?/m1/s1. The van der Waals surface area contributed by atoms with Crippen molar-refractivity contribution in [2.45, 2.75) is 24.2 Å². The van der Waals surface area contributed by atoms with Gasteiger partial charge < -0.3 is 10.4 Å². The fourth-order valence-corrected chi connectivity index (χ4v) is 5.15. The average Bonchev–Trinajstić information content (AvgIpc) is 3.69. The lowest BCUT2D eigenvalue weighted by Crippen LogP contribution is -2.51. The first kappa shape index (κ1) is 23.9. The number of nitrogens with zero attached hydrogens (tertiary/aromatic N) is 7. The van der Waals surface area contributed by atoms with Gasteiger partial charge in [-0.15, -0.1) is 0 Å². The van der Waals surface area contributed by atoms with Crippen molar-refractivity contribution in [2.24, 2.45) is 7.05 Å². The van der Waals surface area contributed by atoms with Crippen LogP contribution in [0.25, 0.3) is 28.3 Å². The van der Waals surface area contributed by atoms with E-state index < -0.39 is 29.3 Å². The van der Waals surface area contributed by atoms with E-state index >= 15 is 0 Å². The highest BCUT2D eigenvalue weighted by Crippen LogP contribution is 2.40. The fourth-order valence-electron chi connectivity index (χ4n) is 5.15. The molecule has 1 fully saturated rings. The Morgan fingerprint density at radius 2 is 1.97 bits per heavy atom. The summed E-state index contributed by atoms with van der Waals surface area (Å²) in [5.41, 5.74) is 0.505. The van der Waals surface area contributed by atoms with Gasteiger partial charge in [0.2, 0.25) is 0 Å². The molecule has 13 heteroatoms. The number of halogens is 3. The number of alkyl halides is 3. The number of hydrogen-bond donors (Lipinski definition) is 2. The van der Waals surface area contributed by atoms with Gasteiger partial charge in [0.15, 0.2) is 0 Å². The number of aromatic nitrogens is 7. The molecule has 1 saturated heterocycles. The smallest absolute Gasteiger partial charge is 0.416 e. The Kier molecular flexibility index (Phi) is 5.35. The second kappa shape index (κ2) is 8.52. The van der Waals surface area contributed by atoms with E-state index in [4.69, 9.17) is 4.98 Å². The number of rotatable bonds is 5. The third-order valence-corrected chi connectivity index (χ3v) is 6.91. The highest BCUT2D eigenvalue weighted by atomic mass is 19.4. The summed E-state index contributed by atoms with van der Waals surface area (Å²) < 4.78 is 45.6. The zero-order chi connectivity index (χ0) is 26.7. The minimum Gasteiger partial charge on any atom is -0.480 e. The quantitative estimate of drug-likeness (QED) is 0.364. The van der Waals surface area contributed by atoms with Gasteiger partial charge in [0.25, 0.3) is 0 Å². The van der Waals surface area contributed by atoms with Crippen LogP contribution in [-0.2, 0) is 23.6 Å². The maximum absolute atomic E-state index is 13.6. The van der Waals surface area contributed by atoms with Crippen LogP contribution in [0, 0.1) is 0 Å². The first-order chi connectivity index (χ1) is 18.2. The van der Waals surface area contributed by atoms with Gasteiger partial charge in [-0.3, -0.25) is 18.6 Å². The molecule has 5 aromatic rings. The van der Waals surface area contributed by atoms with E-state index in [-0.39, 0.29) is 18.5 Å². The van der Waals surface area contributed by atoms with E-state index in [1.807, 2.05) is 12.3 Å². The molecule has 0 spiro atoms. The van der Waals surface area contributed by atoms with Crippen molar-refractivity contribution in [3.63, 3.8) is 0 Å². The number of carbonyl (C=O) groups is 1. The summed E-state index contributed by atoms with van der Waals surface area (Å²) in [5, 5.41) is 21.7. The second-order valence-corrected chi connectivity index (χ2v) is 9.17. The zero-order valence-electron chi connectivity index (χ0n) is 20.0. The van der Waals surface area contributed by atoms with Crippen LogP contribution in [0.15, 0.2) is 67.5 Å². The van der Waals surface area contributed by atoms with Gasteiger partial charge in [0.05, 0.1) is 29.2 Å². The number of hydrogen-bond acceptors (Lipinski definition) is 6.